The fourth-order valence-electron chi connectivity index (χ4n) is 5.49. The van der Waals surface area contributed by atoms with Crippen LogP contribution in [0.4, 0.5) is 5.13 Å². The van der Waals surface area contributed by atoms with E-state index in [1.54, 1.807) is 12.1 Å². The highest BCUT2D eigenvalue weighted by Crippen LogP contribution is 2.37. The van der Waals surface area contributed by atoms with Crippen molar-refractivity contribution in [2.24, 2.45) is 10.9 Å². The Morgan fingerprint density at radius 1 is 1.33 bits per heavy atom. The van der Waals surface area contributed by atoms with Crippen molar-refractivity contribution in [2.45, 2.75) is 88.1 Å². The predicted molar refractivity (Wildman–Crippen MR) is 175 cm³/mol. The Morgan fingerprint density at radius 3 is 2.63 bits per heavy atom. The first-order chi connectivity index (χ1) is 22.8. The van der Waals surface area contributed by atoms with E-state index in [4.69, 9.17) is 31.0 Å². The highest BCUT2D eigenvalue weighted by molar-refractivity contribution is 7.80. The quantitative estimate of drug-likeness (QED) is 0.0353. The number of carboxylic acids is 1. The number of nitrogens with zero attached hydrogens (tertiary/aromatic N) is 3. The number of amidine groups is 1. The van der Waals surface area contributed by atoms with Gasteiger partial charge in [-0.3, -0.25) is 19.6 Å². The molecule has 3 aliphatic rings. The number of hydrogen-bond donors (Lipinski definition) is 7. The summed E-state index contributed by atoms with van der Waals surface area (Å²) in [5.41, 5.74) is 9.09. The fourth-order valence-corrected chi connectivity index (χ4v) is 6.50. The second-order valence-corrected chi connectivity index (χ2v) is 14.8. The van der Waals surface area contributed by atoms with Crippen molar-refractivity contribution in [1.29, 1.82) is 5.41 Å². The summed E-state index contributed by atoms with van der Waals surface area (Å²) in [6, 6.07) is 3.82. The molecule has 20 heteroatoms. The number of oxime groups is 1. The van der Waals surface area contributed by atoms with Crippen molar-refractivity contribution < 1.29 is 46.3 Å². The Bertz CT molecular complexity index is 1810. The largest absolute Gasteiger partial charge is 0.485 e. The molecule has 2 amide bonds. The van der Waals surface area contributed by atoms with Gasteiger partial charge >= 0.3 is 16.4 Å². The normalized spacial score (nSPS) is 22.1. The van der Waals surface area contributed by atoms with Crippen LogP contribution in [0.1, 0.15) is 69.7 Å². The number of hydroxylamine groups is 2. The molecule has 49 heavy (non-hydrogen) atoms. The van der Waals surface area contributed by atoms with Gasteiger partial charge in [-0.05, 0) is 83.1 Å². The zero-order valence-corrected chi connectivity index (χ0v) is 28.5. The summed E-state index contributed by atoms with van der Waals surface area (Å²) >= 11 is 0.963. The molecule has 0 unspecified atom stereocenters. The number of carboxylic acid groups (broad SMARTS) is 1. The van der Waals surface area contributed by atoms with Crippen LogP contribution >= 0.6 is 11.3 Å². The van der Waals surface area contributed by atoms with E-state index < -0.39 is 57.2 Å². The van der Waals surface area contributed by atoms with Crippen LogP contribution < -0.4 is 26.8 Å². The fraction of sp³-hybridized carbons (Fsp3) is 0.517. The molecule has 0 bridgehead atoms. The first-order valence-corrected chi connectivity index (χ1v) is 17.5. The van der Waals surface area contributed by atoms with Gasteiger partial charge in [-0.2, -0.15) is 13.5 Å². The number of nitrogens with one attached hydrogen (secondary N) is 3. The third kappa shape index (κ3) is 7.77. The van der Waals surface area contributed by atoms with Crippen LogP contribution in [0.3, 0.4) is 0 Å². The van der Waals surface area contributed by atoms with Gasteiger partial charge in [0.05, 0.1) is 5.54 Å². The number of ether oxygens (including phenoxy) is 1. The highest BCUT2D eigenvalue weighted by Gasteiger charge is 2.58. The Balaban J connectivity index is 1.29. The number of amides is 2. The predicted octanol–water partition coefficient (Wildman–Crippen LogP) is 0.710. The van der Waals surface area contributed by atoms with E-state index in [1.807, 2.05) is 6.07 Å². The lowest BCUT2D eigenvalue weighted by molar-refractivity contribution is -0.218. The van der Waals surface area contributed by atoms with Crippen molar-refractivity contribution in [2.75, 3.05) is 12.3 Å². The van der Waals surface area contributed by atoms with Gasteiger partial charge < -0.3 is 36.8 Å². The Morgan fingerprint density at radius 2 is 2.04 bits per heavy atom. The number of anilines is 1. The number of thiazole rings is 1. The third-order valence-corrected chi connectivity index (χ3v) is 9.82. The van der Waals surface area contributed by atoms with Crippen LogP contribution in [0.15, 0.2) is 28.7 Å². The summed E-state index contributed by atoms with van der Waals surface area (Å²) < 4.78 is 41.7. The number of aryl methyl sites for hydroxylation is 1. The van der Waals surface area contributed by atoms with E-state index in [-0.39, 0.29) is 28.6 Å². The zero-order valence-electron chi connectivity index (χ0n) is 26.9. The second kappa shape index (κ2) is 13.2. The van der Waals surface area contributed by atoms with E-state index in [0.29, 0.717) is 29.3 Å². The van der Waals surface area contributed by atoms with Crippen molar-refractivity contribution >= 4 is 56.2 Å². The van der Waals surface area contributed by atoms with Gasteiger partial charge in [0.15, 0.2) is 16.9 Å². The summed E-state index contributed by atoms with van der Waals surface area (Å²) in [5.74, 6) is -2.81. The van der Waals surface area contributed by atoms with Gasteiger partial charge in [0, 0.05) is 23.0 Å². The van der Waals surface area contributed by atoms with Crippen LogP contribution in [0.5, 0.6) is 5.75 Å². The molecule has 1 aliphatic carbocycles. The molecule has 3 heterocycles. The maximum atomic E-state index is 13.4. The molecule has 0 spiro atoms. The molecule has 3 atom stereocenters. The van der Waals surface area contributed by atoms with Crippen molar-refractivity contribution in [3.63, 3.8) is 0 Å². The van der Waals surface area contributed by atoms with E-state index >= 15 is 0 Å². The first kappa shape index (κ1) is 35.9. The zero-order chi connectivity index (χ0) is 35.9. The molecule has 5 rings (SSSR count). The van der Waals surface area contributed by atoms with Crippen molar-refractivity contribution in [3.8, 4) is 5.75 Å². The molecule has 2 aromatic rings. The van der Waals surface area contributed by atoms with Gasteiger partial charge in [-0.15, -0.1) is 15.6 Å². The summed E-state index contributed by atoms with van der Waals surface area (Å²) in [7, 11) is -5.03. The van der Waals surface area contributed by atoms with Crippen LogP contribution in [-0.2, 0) is 40.3 Å². The number of hydrogen-bond acceptors (Lipinski definition) is 14. The number of carbonyl (C=O) groups excluding carboxylic acids is 2. The molecule has 1 aromatic carbocycles. The maximum absolute atomic E-state index is 13.4. The standard InChI is InChI=1S/C29H38N8O10S2/c1-27(2)21(24(39)37(27)47-49(42,43)44)35-23(38)20(17-14-48-26(31)34-17)36-46-28(3,25(40)41)19-8-6-15-13-16(5-7-18(15)45-19)22(30)33-12-4-9-29(32)10-11-29/h5,7,13-14,19,21H,4,6,8-12,32H2,1-3H3,(H2,30,33)(H2,31,34)(H,35,38)(H,40,41)(H,42,43,44)/b36-20-/t19-,21-,28+/m1/s1. The third-order valence-electron chi connectivity index (χ3n) is 8.81. The number of fused-ring (bicyclic) bond motifs is 1. The maximum Gasteiger partial charge on any atom is 0.418 e. The average molecular weight is 723 g/mol. The van der Waals surface area contributed by atoms with Crippen LogP contribution in [0.25, 0.3) is 0 Å². The molecular weight excluding hydrogens is 684 g/mol. The molecule has 1 aromatic heterocycles. The average Bonchev–Trinajstić information content (AvgIpc) is 3.62. The lowest BCUT2D eigenvalue weighted by atomic mass is 9.84. The number of aromatic nitrogens is 1. The van der Waals surface area contributed by atoms with E-state index in [0.717, 1.165) is 42.6 Å². The monoisotopic (exact) mass is 722 g/mol. The van der Waals surface area contributed by atoms with Gasteiger partial charge in [0.25, 0.3) is 17.4 Å². The summed E-state index contributed by atoms with van der Waals surface area (Å²) in [4.78, 5) is 48.3. The Labute approximate surface area is 285 Å². The van der Waals surface area contributed by atoms with E-state index in [2.05, 4.69) is 25.1 Å². The summed E-state index contributed by atoms with van der Waals surface area (Å²) in [6.07, 6.45) is 3.33. The summed E-state index contributed by atoms with van der Waals surface area (Å²) in [5, 5.41) is 29.9. The van der Waals surface area contributed by atoms with Gasteiger partial charge in [0.2, 0.25) is 0 Å². The minimum atomic E-state index is -5.03. The van der Waals surface area contributed by atoms with Gasteiger partial charge in [-0.25, -0.2) is 9.78 Å². The number of aliphatic carboxylic acids is 1. The number of benzene rings is 1. The highest BCUT2D eigenvalue weighted by atomic mass is 32.3. The lowest BCUT2D eigenvalue weighted by Gasteiger charge is -2.50. The van der Waals surface area contributed by atoms with E-state index in [9.17, 15) is 27.9 Å². The molecule has 1 saturated carbocycles. The van der Waals surface area contributed by atoms with Crippen LogP contribution in [-0.4, -0.2) is 92.8 Å². The number of β-lactam (4-membered cyclic amide) rings is 1. The molecule has 1 saturated heterocycles. The number of nitrogen functional groups attached to an aromatic ring is 1. The Hall–Kier alpha value is -4.37. The van der Waals surface area contributed by atoms with Crippen LogP contribution in [0.2, 0.25) is 0 Å². The van der Waals surface area contributed by atoms with Crippen molar-refractivity contribution in [1.82, 2.24) is 20.7 Å². The SMILES string of the molecule is CC1(C)[C@H](NC(=O)/C(=N\O[C@](C)(C(=O)O)[C@H]2CCc3cc(C(=N)NCCCC4(N)CC4)ccc3O2)c2csc(N)n2)C(=O)N1OS(=O)(=O)O. The van der Waals surface area contributed by atoms with E-state index in [1.165, 1.54) is 26.2 Å². The molecule has 0 radical (unpaired) electrons. The molecule has 2 aliphatic heterocycles. The smallest absolute Gasteiger partial charge is 0.418 e. The first-order valence-electron chi connectivity index (χ1n) is 15.3. The van der Waals surface area contributed by atoms with Gasteiger partial charge in [0.1, 0.15) is 23.3 Å². The molecule has 266 valence electrons. The molecule has 9 N–H and O–H groups in total. The topological polar surface area (TPSA) is 282 Å². The minimum Gasteiger partial charge on any atom is -0.485 e. The lowest BCUT2D eigenvalue weighted by Crippen LogP contribution is -2.76. The second-order valence-electron chi connectivity index (χ2n) is 12.9. The molecular formula is C29H38N8O10S2. The van der Waals surface area contributed by atoms with Gasteiger partial charge in [-0.1, -0.05) is 5.16 Å². The number of carbonyl (C=O) groups is 3. The number of rotatable bonds is 14. The molecule has 18 nitrogen and oxygen atoms in total. The van der Waals surface area contributed by atoms with Crippen molar-refractivity contribution in [3.05, 3.63) is 40.4 Å². The molecule has 2 fully saturated rings. The van der Waals surface area contributed by atoms with Crippen LogP contribution in [0, 0.1) is 5.41 Å². The number of nitrogens with two attached hydrogens (primary N) is 2. The minimum absolute atomic E-state index is 0.0478. The Kier molecular flexibility index (Phi) is 9.65. The summed E-state index contributed by atoms with van der Waals surface area (Å²) in [6.45, 7) is 4.59.